The lowest BCUT2D eigenvalue weighted by Crippen LogP contribution is -2.49. The van der Waals surface area contributed by atoms with Crippen molar-refractivity contribution >= 4 is 17.7 Å². The van der Waals surface area contributed by atoms with Crippen LogP contribution < -0.4 is 15.0 Å². The number of methoxy groups -OCH3 is 1. The van der Waals surface area contributed by atoms with Gasteiger partial charge in [0.05, 0.1) is 12.8 Å². The molecule has 0 amide bonds. The summed E-state index contributed by atoms with van der Waals surface area (Å²) in [5, 5.41) is 0. The Bertz CT molecular complexity index is 1190. The summed E-state index contributed by atoms with van der Waals surface area (Å²) in [6, 6.07) is 14.3. The molecule has 1 saturated heterocycles. The fraction of sp³-hybridized carbons (Fsp3) is 0.414. The summed E-state index contributed by atoms with van der Waals surface area (Å²) in [6.07, 6.45) is 2.20. The quantitative estimate of drug-likeness (QED) is 0.547. The van der Waals surface area contributed by atoms with Gasteiger partial charge in [-0.3, -0.25) is 24.9 Å². The lowest BCUT2D eigenvalue weighted by molar-refractivity contribution is -0.142. The maximum Gasteiger partial charge on any atom is 0.302 e. The van der Waals surface area contributed by atoms with Crippen LogP contribution >= 0.6 is 0 Å². The first-order valence-corrected chi connectivity index (χ1v) is 12.8. The number of piperazine rings is 1. The van der Waals surface area contributed by atoms with E-state index in [-0.39, 0.29) is 18.7 Å². The van der Waals surface area contributed by atoms with Gasteiger partial charge in [-0.2, -0.15) is 0 Å². The molecule has 3 aliphatic rings. The minimum atomic E-state index is -0.334. The third-order valence-electron chi connectivity index (χ3n) is 7.05. The highest BCUT2D eigenvalue weighted by atomic mass is 16.7. The fourth-order valence-electron chi connectivity index (χ4n) is 5.12. The van der Waals surface area contributed by atoms with Crippen molar-refractivity contribution in [1.29, 1.82) is 0 Å². The van der Waals surface area contributed by atoms with Crippen molar-refractivity contribution in [2.45, 2.75) is 26.6 Å². The summed E-state index contributed by atoms with van der Waals surface area (Å²) in [5.41, 5.74) is 9.51. The molecule has 0 aliphatic carbocycles. The molecule has 2 aromatic carbocycles. The van der Waals surface area contributed by atoms with E-state index >= 15 is 0 Å². The smallest absolute Gasteiger partial charge is 0.302 e. The van der Waals surface area contributed by atoms with E-state index in [9.17, 15) is 4.79 Å². The third kappa shape index (κ3) is 5.98. The minimum Gasteiger partial charge on any atom is -0.496 e. The molecule has 196 valence electrons. The second-order valence-electron chi connectivity index (χ2n) is 9.82. The Morgan fingerprint density at radius 2 is 1.86 bits per heavy atom. The van der Waals surface area contributed by atoms with Gasteiger partial charge in [-0.1, -0.05) is 42.0 Å². The van der Waals surface area contributed by atoms with Gasteiger partial charge in [-0.25, -0.2) is 0 Å². The molecule has 1 unspecified atom stereocenters. The maximum atomic E-state index is 11.2. The van der Waals surface area contributed by atoms with Gasteiger partial charge in [-0.15, -0.1) is 0 Å². The zero-order chi connectivity index (χ0) is 25.8. The van der Waals surface area contributed by atoms with Crippen molar-refractivity contribution in [3.63, 3.8) is 0 Å². The summed E-state index contributed by atoms with van der Waals surface area (Å²) in [5.74, 6) is 1.04. The van der Waals surface area contributed by atoms with Crippen LogP contribution in [0.5, 0.6) is 11.5 Å². The monoisotopic (exact) mass is 505 g/mol. The van der Waals surface area contributed by atoms with E-state index < -0.39 is 0 Å². The molecule has 0 radical (unpaired) electrons. The van der Waals surface area contributed by atoms with Gasteiger partial charge in [-0.05, 0) is 24.6 Å². The Morgan fingerprint density at radius 1 is 1.11 bits per heavy atom. The van der Waals surface area contributed by atoms with Gasteiger partial charge in [0.2, 0.25) is 0 Å². The van der Waals surface area contributed by atoms with E-state index in [1.165, 1.54) is 18.1 Å². The predicted octanol–water partition coefficient (Wildman–Crippen LogP) is 3.49. The van der Waals surface area contributed by atoms with Crippen LogP contribution in [-0.2, 0) is 21.0 Å². The maximum absolute atomic E-state index is 11.2. The predicted molar refractivity (Wildman–Crippen MR) is 142 cm³/mol. The van der Waals surface area contributed by atoms with Gasteiger partial charge in [0, 0.05) is 62.9 Å². The van der Waals surface area contributed by atoms with Crippen molar-refractivity contribution in [2.75, 3.05) is 53.0 Å². The molecule has 1 fully saturated rings. The van der Waals surface area contributed by atoms with Crippen LogP contribution in [-0.4, -0.2) is 74.9 Å². The van der Waals surface area contributed by atoms with Crippen LogP contribution in [0.3, 0.4) is 0 Å². The second kappa shape index (κ2) is 11.4. The summed E-state index contributed by atoms with van der Waals surface area (Å²) in [4.78, 5) is 22.3. The van der Waals surface area contributed by atoms with Gasteiger partial charge < -0.3 is 14.2 Å². The number of ether oxygens (including phenoxy) is 3. The highest BCUT2D eigenvalue weighted by Gasteiger charge is 2.35. The molecule has 0 saturated carbocycles. The third-order valence-corrected chi connectivity index (χ3v) is 7.05. The Kier molecular flexibility index (Phi) is 7.79. The summed E-state index contributed by atoms with van der Waals surface area (Å²) >= 11 is 0. The summed E-state index contributed by atoms with van der Waals surface area (Å²) in [6.45, 7) is 10.1. The first kappa shape index (κ1) is 25.3. The number of rotatable bonds is 8. The van der Waals surface area contributed by atoms with Crippen LogP contribution in [0.15, 0.2) is 53.6 Å². The van der Waals surface area contributed by atoms with E-state index in [2.05, 4.69) is 52.5 Å². The minimum absolute atomic E-state index is 0.0684. The Balaban J connectivity index is 1.19. The molecule has 3 heterocycles. The second-order valence-corrected chi connectivity index (χ2v) is 9.82. The van der Waals surface area contributed by atoms with Crippen LogP contribution in [0.25, 0.3) is 11.8 Å². The molecule has 37 heavy (non-hydrogen) atoms. The number of esters is 1. The Labute approximate surface area is 218 Å². The van der Waals surface area contributed by atoms with Crippen LogP contribution in [0, 0.1) is 0 Å². The van der Waals surface area contributed by atoms with Gasteiger partial charge in [0.1, 0.15) is 30.8 Å². The number of hydroxylamine groups is 1. The number of fused-ring (bicyclic) bond motifs is 2. The van der Waals surface area contributed by atoms with Gasteiger partial charge in [0.15, 0.2) is 0 Å². The molecule has 0 aromatic heterocycles. The van der Waals surface area contributed by atoms with E-state index in [0.717, 1.165) is 67.4 Å². The molecule has 0 spiro atoms. The molecular weight excluding hydrogens is 470 g/mol. The standard InChI is InChI=1S/C29H35N3O5/c1-20(13-22-7-5-4-6-8-22)16-31-9-11-32(12-10-31)17-28-25-19-36-27-14-23(18-35-21(2)33)26(34-3)15-24(27)29(25)30-37-28/h4-8,13-15,28,30H,9-12,16-19H2,1-3H3. The number of carbonyl (C=O) groups is 1. The van der Waals surface area contributed by atoms with Crippen molar-refractivity contribution in [3.8, 4) is 11.5 Å². The van der Waals surface area contributed by atoms with Crippen LogP contribution in [0.4, 0.5) is 0 Å². The number of hydrogen-bond acceptors (Lipinski definition) is 8. The highest BCUT2D eigenvalue weighted by Crippen LogP contribution is 2.40. The normalized spacial score (nSPS) is 20.1. The van der Waals surface area contributed by atoms with E-state index in [1.54, 1.807) is 7.11 Å². The van der Waals surface area contributed by atoms with E-state index in [0.29, 0.717) is 12.4 Å². The van der Waals surface area contributed by atoms with Crippen molar-refractivity contribution in [2.24, 2.45) is 0 Å². The van der Waals surface area contributed by atoms with Crippen LogP contribution in [0.1, 0.15) is 30.5 Å². The summed E-state index contributed by atoms with van der Waals surface area (Å²) in [7, 11) is 1.61. The molecule has 1 N–H and O–H groups in total. The molecule has 5 rings (SSSR count). The molecule has 3 aliphatic heterocycles. The first-order chi connectivity index (χ1) is 18.0. The number of nitrogens with one attached hydrogen (secondary N) is 1. The first-order valence-electron chi connectivity index (χ1n) is 12.8. The van der Waals surface area contributed by atoms with E-state index in [1.807, 2.05) is 18.2 Å². The molecule has 2 aromatic rings. The summed E-state index contributed by atoms with van der Waals surface area (Å²) < 4.78 is 16.8. The van der Waals surface area contributed by atoms with Crippen LogP contribution in [0.2, 0.25) is 0 Å². The SMILES string of the molecule is COc1cc2c(cc1COC(C)=O)OCC1=C2NOC1CN1CCN(CC(C)=Cc2ccccc2)CC1. The zero-order valence-corrected chi connectivity index (χ0v) is 21.8. The average Bonchev–Trinajstić information content (AvgIpc) is 3.31. The molecule has 8 nitrogen and oxygen atoms in total. The lowest BCUT2D eigenvalue weighted by Gasteiger charge is -2.36. The van der Waals surface area contributed by atoms with Gasteiger partial charge >= 0.3 is 5.97 Å². The zero-order valence-electron chi connectivity index (χ0n) is 21.8. The van der Waals surface area contributed by atoms with Crippen molar-refractivity contribution in [1.82, 2.24) is 15.3 Å². The largest absolute Gasteiger partial charge is 0.496 e. The number of hydrogen-bond donors (Lipinski definition) is 1. The Morgan fingerprint density at radius 3 is 2.59 bits per heavy atom. The molecule has 1 atom stereocenters. The highest BCUT2D eigenvalue weighted by molar-refractivity contribution is 5.77. The van der Waals surface area contributed by atoms with E-state index in [4.69, 9.17) is 19.0 Å². The number of benzene rings is 2. The topological polar surface area (TPSA) is 72.5 Å². The van der Waals surface area contributed by atoms with Crippen molar-refractivity contribution < 1.29 is 23.8 Å². The fourth-order valence-corrected chi connectivity index (χ4v) is 5.12. The number of nitrogens with zero attached hydrogens (tertiary/aromatic N) is 2. The lowest BCUT2D eigenvalue weighted by atomic mass is 9.98. The average molecular weight is 506 g/mol. The molecular formula is C29H35N3O5. The van der Waals surface area contributed by atoms with Gasteiger partial charge in [0.25, 0.3) is 0 Å². The molecule has 0 bridgehead atoms. The molecule has 8 heteroatoms. The van der Waals surface area contributed by atoms with Crippen molar-refractivity contribution in [3.05, 3.63) is 70.3 Å². The number of carbonyl (C=O) groups excluding carboxylic acids is 1. The Hall–Kier alpha value is -3.33.